The molecule has 0 fully saturated rings. The van der Waals surface area contributed by atoms with Gasteiger partial charge in [-0.25, -0.2) is 0 Å². The zero-order valence-electron chi connectivity index (χ0n) is 9.05. The van der Waals surface area contributed by atoms with E-state index in [1.54, 1.807) is 0 Å². The first kappa shape index (κ1) is 9.93. The van der Waals surface area contributed by atoms with Gasteiger partial charge in [0.15, 0.2) is 0 Å². The van der Waals surface area contributed by atoms with E-state index in [9.17, 15) is 4.79 Å². The lowest BCUT2D eigenvalue weighted by Gasteiger charge is -2.05. The highest BCUT2D eigenvalue weighted by Crippen LogP contribution is 2.17. The largest absolute Gasteiger partial charge is 0.354 e. The van der Waals surface area contributed by atoms with Crippen molar-refractivity contribution >= 4 is 10.9 Å². The number of quaternary nitrogens is 1. The standard InChI is InChI=1S/C12H14N2O/c1-7-3-8(2)10-5-9(6-13)12(15)14-11(10)4-7/h3-5H,6,13H2,1-2H3,(H,14,15)/p+1. The van der Waals surface area contributed by atoms with Crippen LogP contribution in [0.5, 0.6) is 0 Å². The van der Waals surface area contributed by atoms with Gasteiger partial charge in [0, 0.05) is 10.9 Å². The molecule has 0 radical (unpaired) electrons. The van der Waals surface area contributed by atoms with Gasteiger partial charge >= 0.3 is 0 Å². The highest BCUT2D eigenvalue weighted by atomic mass is 16.1. The molecule has 15 heavy (non-hydrogen) atoms. The Morgan fingerprint density at radius 1 is 1.27 bits per heavy atom. The minimum atomic E-state index is -0.0255. The van der Waals surface area contributed by atoms with Crippen molar-refractivity contribution in [1.82, 2.24) is 4.98 Å². The zero-order chi connectivity index (χ0) is 11.0. The molecule has 0 unspecified atom stereocenters. The third kappa shape index (κ3) is 1.66. The fourth-order valence-electron chi connectivity index (χ4n) is 1.90. The lowest BCUT2D eigenvalue weighted by atomic mass is 10.0. The van der Waals surface area contributed by atoms with Gasteiger partial charge in [-0.2, -0.15) is 0 Å². The van der Waals surface area contributed by atoms with Crippen LogP contribution in [-0.4, -0.2) is 4.98 Å². The van der Waals surface area contributed by atoms with E-state index in [2.05, 4.69) is 23.7 Å². The van der Waals surface area contributed by atoms with Gasteiger partial charge in [0.25, 0.3) is 5.56 Å². The monoisotopic (exact) mass is 203 g/mol. The fourth-order valence-corrected chi connectivity index (χ4v) is 1.90. The number of H-pyrrole nitrogens is 1. The summed E-state index contributed by atoms with van der Waals surface area (Å²) < 4.78 is 0. The van der Waals surface area contributed by atoms with Gasteiger partial charge in [-0.1, -0.05) is 6.07 Å². The molecule has 1 aromatic carbocycles. The number of rotatable bonds is 1. The van der Waals surface area contributed by atoms with Crippen molar-refractivity contribution in [3.05, 3.63) is 45.2 Å². The van der Waals surface area contributed by atoms with Gasteiger partial charge in [-0.15, -0.1) is 0 Å². The van der Waals surface area contributed by atoms with Crippen LogP contribution in [0.3, 0.4) is 0 Å². The van der Waals surface area contributed by atoms with Crippen molar-refractivity contribution in [3.8, 4) is 0 Å². The van der Waals surface area contributed by atoms with Gasteiger partial charge in [0.2, 0.25) is 0 Å². The summed E-state index contributed by atoms with van der Waals surface area (Å²) in [6.45, 7) is 4.61. The molecule has 1 heterocycles. The van der Waals surface area contributed by atoms with Crippen LogP contribution in [0.2, 0.25) is 0 Å². The van der Waals surface area contributed by atoms with Crippen LogP contribution < -0.4 is 11.3 Å². The molecule has 78 valence electrons. The molecule has 2 aromatic rings. The Labute approximate surface area is 87.9 Å². The second kappa shape index (κ2) is 3.51. The lowest BCUT2D eigenvalue weighted by Crippen LogP contribution is -2.49. The van der Waals surface area contributed by atoms with Gasteiger partial charge in [-0.3, -0.25) is 4.79 Å². The molecule has 4 N–H and O–H groups in total. The second-order valence-electron chi connectivity index (χ2n) is 3.92. The summed E-state index contributed by atoms with van der Waals surface area (Å²) in [5.41, 5.74) is 7.74. The SMILES string of the molecule is Cc1cc(C)c2cc(C[NH3+])c(=O)[nH]c2c1. The minimum absolute atomic E-state index is 0.0255. The minimum Gasteiger partial charge on any atom is -0.354 e. The van der Waals surface area contributed by atoms with Crippen LogP contribution in [0.25, 0.3) is 10.9 Å². The number of hydrogen-bond donors (Lipinski definition) is 2. The smallest absolute Gasteiger partial charge is 0.257 e. The Kier molecular flexibility index (Phi) is 2.32. The number of fused-ring (bicyclic) bond motifs is 1. The summed E-state index contributed by atoms with van der Waals surface area (Å²) in [6, 6.07) is 6.06. The number of aryl methyl sites for hydroxylation is 2. The van der Waals surface area contributed by atoms with Crippen molar-refractivity contribution in [3.63, 3.8) is 0 Å². The third-order valence-corrected chi connectivity index (χ3v) is 2.66. The molecule has 3 heteroatoms. The average molecular weight is 203 g/mol. The molecule has 2 rings (SSSR count). The summed E-state index contributed by atoms with van der Waals surface area (Å²) >= 11 is 0. The molecule has 0 bridgehead atoms. The molecular weight excluding hydrogens is 188 g/mol. The Morgan fingerprint density at radius 3 is 2.67 bits per heavy atom. The maximum Gasteiger partial charge on any atom is 0.257 e. The van der Waals surface area contributed by atoms with Crippen LogP contribution in [0, 0.1) is 13.8 Å². The summed E-state index contributed by atoms with van der Waals surface area (Å²) in [5.74, 6) is 0. The van der Waals surface area contributed by atoms with Crippen LogP contribution in [0.15, 0.2) is 23.0 Å². The normalized spacial score (nSPS) is 10.9. The highest BCUT2D eigenvalue weighted by Gasteiger charge is 2.04. The topological polar surface area (TPSA) is 60.5 Å². The summed E-state index contributed by atoms with van der Waals surface area (Å²) in [6.07, 6.45) is 0. The van der Waals surface area contributed by atoms with E-state index in [1.165, 1.54) is 5.56 Å². The molecule has 0 spiro atoms. The molecule has 0 aliphatic heterocycles. The summed E-state index contributed by atoms with van der Waals surface area (Å²) in [4.78, 5) is 14.5. The molecular formula is C12H15N2O+. The van der Waals surface area contributed by atoms with E-state index in [0.29, 0.717) is 6.54 Å². The highest BCUT2D eigenvalue weighted by molar-refractivity contribution is 5.83. The molecule has 0 amide bonds. The second-order valence-corrected chi connectivity index (χ2v) is 3.92. The number of benzene rings is 1. The van der Waals surface area contributed by atoms with Gasteiger partial charge in [0.1, 0.15) is 6.54 Å². The molecule has 3 nitrogen and oxygen atoms in total. The van der Waals surface area contributed by atoms with Crippen LogP contribution in [0.4, 0.5) is 0 Å². The van der Waals surface area contributed by atoms with E-state index in [4.69, 9.17) is 0 Å². The van der Waals surface area contributed by atoms with Crippen LogP contribution in [-0.2, 0) is 6.54 Å². The predicted octanol–water partition coefficient (Wildman–Crippen LogP) is 0.887. The van der Waals surface area contributed by atoms with Crippen molar-refractivity contribution in [2.75, 3.05) is 0 Å². The molecule has 0 atom stereocenters. The zero-order valence-corrected chi connectivity index (χ0v) is 9.05. The average Bonchev–Trinajstić information content (AvgIpc) is 2.16. The molecule has 0 saturated heterocycles. The fraction of sp³-hybridized carbons (Fsp3) is 0.250. The van der Waals surface area contributed by atoms with E-state index in [1.807, 2.05) is 19.1 Å². The van der Waals surface area contributed by atoms with E-state index < -0.39 is 0 Å². The number of aromatic nitrogens is 1. The van der Waals surface area contributed by atoms with E-state index in [0.717, 1.165) is 22.0 Å². The first-order valence-corrected chi connectivity index (χ1v) is 5.04. The Bertz CT molecular complexity index is 570. The van der Waals surface area contributed by atoms with Crippen molar-refractivity contribution in [2.24, 2.45) is 0 Å². The Morgan fingerprint density at radius 2 is 2.00 bits per heavy atom. The third-order valence-electron chi connectivity index (χ3n) is 2.66. The van der Waals surface area contributed by atoms with E-state index in [-0.39, 0.29) is 5.56 Å². The van der Waals surface area contributed by atoms with Crippen LogP contribution >= 0.6 is 0 Å². The molecule has 0 saturated carbocycles. The predicted molar refractivity (Wildman–Crippen MR) is 60.6 cm³/mol. The van der Waals surface area contributed by atoms with Gasteiger partial charge < -0.3 is 10.7 Å². The summed E-state index contributed by atoms with van der Waals surface area (Å²) in [7, 11) is 0. The molecule has 0 aliphatic carbocycles. The van der Waals surface area contributed by atoms with Gasteiger partial charge in [-0.05, 0) is 37.1 Å². The summed E-state index contributed by atoms with van der Waals surface area (Å²) in [5, 5.41) is 1.11. The molecule has 1 aromatic heterocycles. The van der Waals surface area contributed by atoms with E-state index >= 15 is 0 Å². The quantitative estimate of drug-likeness (QED) is 0.710. The van der Waals surface area contributed by atoms with Crippen molar-refractivity contribution in [2.45, 2.75) is 20.4 Å². The van der Waals surface area contributed by atoms with Crippen LogP contribution in [0.1, 0.15) is 16.7 Å². The molecule has 0 aliphatic rings. The Balaban J connectivity index is 2.87. The first-order valence-electron chi connectivity index (χ1n) is 5.04. The number of pyridine rings is 1. The number of nitrogens with one attached hydrogen (secondary N) is 1. The maximum atomic E-state index is 11.6. The Hall–Kier alpha value is -1.61. The van der Waals surface area contributed by atoms with Crippen molar-refractivity contribution in [1.29, 1.82) is 0 Å². The van der Waals surface area contributed by atoms with Gasteiger partial charge in [0.05, 0.1) is 5.56 Å². The lowest BCUT2D eigenvalue weighted by molar-refractivity contribution is -0.386. The first-order chi connectivity index (χ1) is 7.11. The number of hydrogen-bond acceptors (Lipinski definition) is 1. The van der Waals surface area contributed by atoms with Crippen molar-refractivity contribution < 1.29 is 5.73 Å². The number of aromatic amines is 1. The maximum absolute atomic E-state index is 11.6.